The van der Waals surface area contributed by atoms with Gasteiger partial charge in [0, 0.05) is 11.9 Å². The quantitative estimate of drug-likeness (QED) is 0.434. The fraction of sp³-hybridized carbons (Fsp3) is 0.435. The maximum absolute atomic E-state index is 15.2. The Labute approximate surface area is 209 Å². The van der Waals surface area contributed by atoms with E-state index in [4.69, 9.17) is 16.3 Å². The lowest BCUT2D eigenvalue weighted by Crippen LogP contribution is -2.73. The lowest BCUT2D eigenvalue weighted by molar-refractivity contribution is -0.138. The highest BCUT2D eigenvalue weighted by atomic mass is 79.9. The van der Waals surface area contributed by atoms with Crippen molar-refractivity contribution < 1.29 is 18.7 Å². The van der Waals surface area contributed by atoms with Gasteiger partial charge in [0.25, 0.3) is 5.91 Å². The molecule has 1 aromatic heterocycles. The number of anilines is 2. The number of piperidine rings is 1. The first-order valence-corrected chi connectivity index (χ1v) is 12.4. The number of benzene rings is 1. The molecule has 0 unspecified atom stereocenters. The fourth-order valence-corrected chi connectivity index (χ4v) is 5.23. The molecular weight excluding hydrogens is 529 g/mol. The van der Waals surface area contributed by atoms with Crippen molar-refractivity contribution >= 4 is 61.6 Å². The van der Waals surface area contributed by atoms with Crippen LogP contribution in [0.1, 0.15) is 19.3 Å². The molecule has 11 heteroatoms. The maximum Gasteiger partial charge on any atom is 0.253 e. The Kier molecular flexibility index (Phi) is 6.16. The number of rotatable bonds is 5. The Morgan fingerprint density at radius 1 is 1.32 bits per heavy atom. The van der Waals surface area contributed by atoms with Crippen molar-refractivity contribution in [2.24, 2.45) is 0 Å². The average molecular weight is 553 g/mol. The van der Waals surface area contributed by atoms with Crippen LogP contribution in [0.4, 0.5) is 15.8 Å². The van der Waals surface area contributed by atoms with Crippen LogP contribution in [0.25, 0.3) is 10.9 Å². The van der Waals surface area contributed by atoms with Crippen molar-refractivity contribution in [3.8, 4) is 5.88 Å². The normalized spacial score (nSPS) is 19.3. The van der Waals surface area contributed by atoms with Crippen LogP contribution in [0.3, 0.4) is 0 Å². The summed E-state index contributed by atoms with van der Waals surface area (Å²) in [6.45, 7) is 6.92. The predicted octanol–water partition coefficient (Wildman–Crippen LogP) is 3.79. The number of carbonyl (C=O) groups excluding carboxylic acids is 2. The van der Waals surface area contributed by atoms with Crippen LogP contribution in [0.2, 0.25) is 5.02 Å². The molecule has 2 aromatic rings. The third-order valence-electron chi connectivity index (χ3n) is 6.62. The van der Waals surface area contributed by atoms with Crippen molar-refractivity contribution in [3.63, 3.8) is 0 Å². The average Bonchev–Trinajstić information content (AvgIpc) is 2.81. The highest BCUT2D eigenvalue weighted by Crippen LogP contribution is 2.46. The van der Waals surface area contributed by atoms with Gasteiger partial charge in [-0.1, -0.05) is 24.6 Å². The van der Waals surface area contributed by atoms with E-state index in [9.17, 15) is 9.59 Å². The first-order chi connectivity index (χ1) is 16.3. The van der Waals surface area contributed by atoms with Gasteiger partial charge in [-0.25, -0.2) is 9.37 Å². The van der Waals surface area contributed by atoms with Crippen LogP contribution >= 0.6 is 27.5 Å². The number of nitrogens with one attached hydrogen (secondary N) is 2. The summed E-state index contributed by atoms with van der Waals surface area (Å²) < 4.78 is 21.3. The molecule has 180 valence electrons. The first-order valence-electron chi connectivity index (χ1n) is 11.2. The second-order valence-corrected chi connectivity index (χ2v) is 10.1. The van der Waals surface area contributed by atoms with Crippen molar-refractivity contribution in [2.75, 3.05) is 50.0 Å². The number of pyridine rings is 1. The molecule has 0 aliphatic carbocycles. The topological polar surface area (TPSA) is 86.8 Å². The van der Waals surface area contributed by atoms with Gasteiger partial charge in [0.15, 0.2) is 11.4 Å². The summed E-state index contributed by atoms with van der Waals surface area (Å²) in [5, 5.41) is 6.74. The van der Waals surface area contributed by atoms with Gasteiger partial charge in [0.2, 0.25) is 11.8 Å². The number of ether oxygens (including phenoxy) is 1. The number of fused-ring (bicyclic) bond motifs is 3. The van der Waals surface area contributed by atoms with Gasteiger partial charge in [-0.05, 0) is 54.0 Å². The Morgan fingerprint density at radius 3 is 2.76 bits per heavy atom. The Balaban J connectivity index is 1.50. The number of likely N-dealkylation sites (tertiary alicyclic amines) is 2. The zero-order chi connectivity index (χ0) is 24.0. The Bertz CT molecular complexity index is 1200. The number of hydrogen-bond donors (Lipinski definition) is 2. The van der Waals surface area contributed by atoms with E-state index < -0.39 is 11.4 Å². The van der Waals surface area contributed by atoms with Gasteiger partial charge in [-0.15, -0.1) is 0 Å². The zero-order valence-electron chi connectivity index (χ0n) is 18.4. The molecule has 2 saturated heterocycles. The summed E-state index contributed by atoms with van der Waals surface area (Å²) in [6.07, 6.45) is 4.78. The summed E-state index contributed by atoms with van der Waals surface area (Å²) in [7, 11) is 0. The van der Waals surface area contributed by atoms with E-state index in [1.54, 1.807) is 6.07 Å². The molecular formula is C23H24BrClFN5O3. The van der Waals surface area contributed by atoms with E-state index in [1.165, 1.54) is 17.4 Å². The number of hydrogen-bond acceptors (Lipinski definition) is 6. The van der Waals surface area contributed by atoms with E-state index in [1.807, 2.05) is 0 Å². The summed E-state index contributed by atoms with van der Waals surface area (Å²) in [5.74, 6) is -1.04. The summed E-state index contributed by atoms with van der Waals surface area (Å²) in [5.41, 5.74) is -0.161. The predicted molar refractivity (Wildman–Crippen MR) is 132 cm³/mol. The van der Waals surface area contributed by atoms with Gasteiger partial charge in [-0.3, -0.25) is 14.5 Å². The molecule has 1 spiro atoms. The molecule has 4 heterocycles. The van der Waals surface area contributed by atoms with Gasteiger partial charge in [-0.2, -0.15) is 0 Å². The molecule has 8 nitrogen and oxygen atoms in total. The minimum atomic E-state index is -1.04. The molecule has 5 rings (SSSR count). The number of nitrogens with zero attached hydrogens (tertiary/aromatic N) is 3. The molecule has 2 amide bonds. The largest absolute Gasteiger partial charge is 0.475 e. The molecule has 0 bridgehead atoms. The zero-order valence-corrected chi connectivity index (χ0v) is 20.8. The minimum Gasteiger partial charge on any atom is -0.475 e. The number of halogens is 3. The van der Waals surface area contributed by atoms with Crippen LogP contribution in [-0.2, 0) is 9.59 Å². The molecule has 3 aliphatic heterocycles. The number of amides is 2. The second-order valence-electron chi connectivity index (χ2n) is 8.86. The van der Waals surface area contributed by atoms with E-state index >= 15 is 4.39 Å². The standard InChI is InChI=1S/C23H24BrClFN5O3/c1-2-15(32)31-11-23(12-31)22(33)28-20-19(29-23)13-10-14(25)16(24)17(26)18(13)27-21(20)34-9-8-30-6-4-3-5-7-30/h2,10,29H,1,3-9,11-12H2,(H,28,33). The number of aromatic nitrogens is 1. The van der Waals surface area contributed by atoms with Crippen LogP contribution in [0.5, 0.6) is 5.88 Å². The fourth-order valence-electron chi connectivity index (χ4n) is 4.73. The van der Waals surface area contributed by atoms with E-state index in [0.717, 1.165) is 25.9 Å². The minimum absolute atomic E-state index is 0.0696. The van der Waals surface area contributed by atoms with Crippen LogP contribution in [0, 0.1) is 5.82 Å². The van der Waals surface area contributed by atoms with Gasteiger partial charge in [0.05, 0.1) is 28.3 Å². The first kappa shape index (κ1) is 23.3. The Hall–Kier alpha value is -2.43. The highest BCUT2D eigenvalue weighted by Gasteiger charge is 2.54. The van der Waals surface area contributed by atoms with Gasteiger partial charge in [0.1, 0.15) is 17.8 Å². The van der Waals surface area contributed by atoms with Crippen molar-refractivity contribution in [1.82, 2.24) is 14.8 Å². The van der Waals surface area contributed by atoms with E-state index in [0.29, 0.717) is 29.9 Å². The van der Waals surface area contributed by atoms with Crippen LogP contribution in [0.15, 0.2) is 23.2 Å². The molecule has 0 atom stereocenters. The molecule has 1 aromatic carbocycles. The smallest absolute Gasteiger partial charge is 0.253 e. The Morgan fingerprint density at radius 2 is 2.06 bits per heavy atom. The highest BCUT2D eigenvalue weighted by molar-refractivity contribution is 9.10. The SMILES string of the molecule is C=CC(=O)N1CC2(C1)Nc1c(c(OCCN3CCCCC3)nc3c(F)c(Br)c(Cl)cc13)NC2=O. The molecule has 3 aliphatic rings. The maximum atomic E-state index is 15.2. The molecule has 0 saturated carbocycles. The summed E-state index contributed by atoms with van der Waals surface area (Å²) in [4.78, 5) is 33.3. The van der Waals surface area contributed by atoms with E-state index in [-0.39, 0.29) is 45.8 Å². The molecule has 2 fully saturated rings. The number of carbonyl (C=O) groups is 2. The monoisotopic (exact) mass is 551 g/mol. The molecule has 0 radical (unpaired) electrons. The molecule has 2 N–H and O–H groups in total. The van der Waals surface area contributed by atoms with Gasteiger partial charge >= 0.3 is 0 Å². The molecule has 34 heavy (non-hydrogen) atoms. The van der Waals surface area contributed by atoms with Crippen LogP contribution < -0.4 is 15.4 Å². The second kappa shape index (κ2) is 8.98. The lowest BCUT2D eigenvalue weighted by Gasteiger charge is -2.51. The lowest BCUT2D eigenvalue weighted by atomic mass is 9.85. The summed E-state index contributed by atoms with van der Waals surface area (Å²) in [6, 6.07) is 1.59. The van der Waals surface area contributed by atoms with E-state index in [2.05, 4.69) is 43.0 Å². The van der Waals surface area contributed by atoms with Crippen molar-refractivity contribution in [1.29, 1.82) is 0 Å². The summed E-state index contributed by atoms with van der Waals surface area (Å²) >= 11 is 9.42. The third kappa shape index (κ3) is 3.91. The van der Waals surface area contributed by atoms with Crippen LogP contribution in [-0.4, -0.2) is 71.5 Å². The van der Waals surface area contributed by atoms with Gasteiger partial charge < -0.3 is 20.3 Å². The van der Waals surface area contributed by atoms with Crippen molar-refractivity contribution in [3.05, 3.63) is 34.0 Å². The van der Waals surface area contributed by atoms with Crippen molar-refractivity contribution in [2.45, 2.75) is 24.8 Å². The third-order valence-corrected chi connectivity index (χ3v) is 7.92.